The molecule has 2 heterocycles. The zero-order valence-corrected chi connectivity index (χ0v) is 17.1. The van der Waals surface area contributed by atoms with E-state index in [4.69, 9.17) is 4.74 Å². The number of aryl methyl sites for hydroxylation is 1. The Kier molecular flexibility index (Phi) is 6.26. The summed E-state index contributed by atoms with van der Waals surface area (Å²) in [6, 6.07) is 19.0. The van der Waals surface area contributed by atoms with E-state index in [1.54, 1.807) is 12.1 Å². The van der Waals surface area contributed by atoms with Gasteiger partial charge in [-0.3, -0.25) is 14.8 Å². The van der Waals surface area contributed by atoms with Crippen LogP contribution in [0.5, 0.6) is 5.75 Å². The van der Waals surface area contributed by atoms with Gasteiger partial charge in [0.05, 0.1) is 11.8 Å². The number of H-pyrrole nitrogens is 1. The van der Waals surface area contributed by atoms with Crippen LogP contribution < -0.4 is 4.74 Å². The van der Waals surface area contributed by atoms with E-state index in [1.165, 1.54) is 0 Å². The Morgan fingerprint density at radius 1 is 1.17 bits per heavy atom. The SMILES string of the molecule is Cc1cc(C[C@@H]2CN(Cc3ccc(OCC(=O)c4ccccc4)cc3)C[C@@H]2O)n[nH]1. The Bertz CT molecular complexity index is 969. The van der Waals surface area contributed by atoms with Crippen molar-refractivity contribution in [3.63, 3.8) is 0 Å². The number of ketones is 1. The summed E-state index contributed by atoms with van der Waals surface area (Å²) in [7, 11) is 0. The number of aromatic nitrogens is 2. The second-order valence-corrected chi connectivity index (χ2v) is 7.99. The van der Waals surface area contributed by atoms with E-state index in [9.17, 15) is 9.90 Å². The number of aliphatic hydroxyl groups excluding tert-OH is 1. The van der Waals surface area contributed by atoms with E-state index in [0.29, 0.717) is 17.9 Å². The third kappa shape index (κ3) is 5.14. The average molecular weight is 405 g/mol. The van der Waals surface area contributed by atoms with Gasteiger partial charge in [-0.25, -0.2) is 0 Å². The summed E-state index contributed by atoms with van der Waals surface area (Å²) >= 11 is 0. The van der Waals surface area contributed by atoms with Crippen molar-refractivity contribution in [2.24, 2.45) is 5.92 Å². The van der Waals surface area contributed by atoms with Gasteiger partial charge in [0, 0.05) is 36.8 Å². The van der Waals surface area contributed by atoms with Gasteiger partial charge in [0.1, 0.15) is 5.75 Å². The molecule has 1 aromatic heterocycles. The van der Waals surface area contributed by atoms with Gasteiger partial charge in [-0.2, -0.15) is 5.10 Å². The van der Waals surface area contributed by atoms with Crippen LogP contribution in [0.3, 0.4) is 0 Å². The number of hydrogen-bond acceptors (Lipinski definition) is 5. The molecule has 0 radical (unpaired) electrons. The second-order valence-electron chi connectivity index (χ2n) is 7.99. The summed E-state index contributed by atoms with van der Waals surface area (Å²) < 4.78 is 5.64. The minimum atomic E-state index is -0.339. The number of benzene rings is 2. The first-order valence-corrected chi connectivity index (χ1v) is 10.3. The van der Waals surface area contributed by atoms with Crippen LogP contribution in [-0.2, 0) is 13.0 Å². The van der Waals surface area contributed by atoms with Crippen molar-refractivity contribution in [3.05, 3.63) is 83.2 Å². The fourth-order valence-electron chi connectivity index (χ4n) is 3.92. The maximum Gasteiger partial charge on any atom is 0.200 e. The highest BCUT2D eigenvalue weighted by Gasteiger charge is 2.31. The zero-order valence-electron chi connectivity index (χ0n) is 17.1. The Labute approximate surface area is 176 Å². The van der Waals surface area contributed by atoms with Crippen LogP contribution in [-0.4, -0.2) is 51.8 Å². The summed E-state index contributed by atoms with van der Waals surface area (Å²) in [5, 5.41) is 17.7. The van der Waals surface area contributed by atoms with Gasteiger partial charge in [-0.05, 0) is 37.1 Å². The molecule has 0 spiro atoms. The number of nitrogens with zero attached hydrogens (tertiary/aromatic N) is 2. The van der Waals surface area contributed by atoms with Crippen molar-refractivity contribution in [2.45, 2.75) is 26.0 Å². The molecule has 30 heavy (non-hydrogen) atoms. The zero-order chi connectivity index (χ0) is 20.9. The van der Waals surface area contributed by atoms with Crippen molar-refractivity contribution < 1.29 is 14.6 Å². The number of carbonyl (C=O) groups is 1. The summed E-state index contributed by atoms with van der Waals surface area (Å²) in [5.74, 6) is 0.833. The average Bonchev–Trinajstić information content (AvgIpc) is 3.32. The van der Waals surface area contributed by atoms with Crippen LogP contribution in [0.15, 0.2) is 60.7 Å². The predicted octanol–water partition coefficient (Wildman–Crippen LogP) is 3.02. The highest BCUT2D eigenvalue weighted by atomic mass is 16.5. The second kappa shape index (κ2) is 9.24. The number of likely N-dealkylation sites (tertiary alicyclic amines) is 1. The minimum absolute atomic E-state index is 0.0238. The van der Waals surface area contributed by atoms with Gasteiger partial charge >= 0.3 is 0 Å². The fraction of sp³-hybridized carbons (Fsp3) is 0.333. The van der Waals surface area contributed by atoms with Gasteiger partial charge in [-0.15, -0.1) is 0 Å². The normalized spacial score (nSPS) is 19.1. The third-order valence-electron chi connectivity index (χ3n) is 5.51. The number of carbonyl (C=O) groups excluding carboxylic acids is 1. The molecule has 0 saturated carbocycles. The first-order valence-electron chi connectivity index (χ1n) is 10.3. The molecule has 2 aromatic carbocycles. The quantitative estimate of drug-likeness (QED) is 0.563. The van der Waals surface area contributed by atoms with Gasteiger partial charge in [0.25, 0.3) is 0 Å². The van der Waals surface area contributed by atoms with E-state index in [1.807, 2.05) is 55.5 Å². The predicted molar refractivity (Wildman–Crippen MR) is 115 cm³/mol. The first-order chi connectivity index (χ1) is 14.6. The van der Waals surface area contributed by atoms with E-state index in [2.05, 4.69) is 15.1 Å². The molecule has 2 N–H and O–H groups in total. The molecular weight excluding hydrogens is 378 g/mol. The highest BCUT2D eigenvalue weighted by Crippen LogP contribution is 2.23. The minimum Gasteiger partial charge on any atom is -0.485 e. The van der Waals surface area contributed by atoms with Gasteiger partial charge in [0.2, 0.25) is 0 Å². The van der Waals surface area contributed by atoms with Crippen LogP contribution in [0.2, 0.25) is 0 Å². The molecule has 156 valence electrons. The maximum atomic E-state index is 12.1. The molecule has 1 aliphatic heterocycles. The molecule has 1 aliphatic rings. The Balaban J connectivity index is 1.27. The van der Waals surface area contributed by atoms with E-state index >= 15 is 0 Å². The molecule has 0 aliphatic carbocycles. The van der Waals surface area contributed by atoms with Crippen molar-refractivity contribution in [2.75, 3.05) is 19.7 Å². The van der Waals surface area contributed by atoms with E-state index in [-0.39, 0.29) is 24.4 Å². The van der Waals surface area contributed by atoms with Crippen molar-refractivity contribution in [1.82, 2.24) is 15.1 Å². The number of ether oxygens (including phenoxy) is 1. The molecule has 1 saturated heterocycles. The van der Waals surface area contributed by atoms with Gasteiger partial charge in [-0.1, -0.05) is 42.5 Å². The Hall–Kier alpha value is -2.96. The monoisotopic (exact) mass is 405 g/mol. The number of aromatic amines is 1. The number of Topliss-reactive ketones (excluding diaryl/α,β-unsaturated/α-hetero) is 1. The molecule has 0 unspecified atom stereocenters. The molecule has 3 aromatic rings. The summed E-state index contributed by atoms with van der Waals surface area (Å²) in [6.07, 6.45) is 0.443. The van der Waals surface area contributed by atoms with Crippen LogP contribution in [0, 0.1) is 12.8 Å². The van der Waals surface area contributed by atoms with E-state index < -0.39 is 0 Å². The molecule has 2 atom stereocenters. The van der Waals surface area contributed by atoms with Gasteiger partial charge < -0.3 is 9.84 Å². The fourth-order valence-corrected chi connectivity index (χ4v) is 3.92. The number of nitrogens with one attached hydrogen (secondary N) is 1. The lowest BCUT2D eigenvalue weighted by molar-refractivity contribution is 0.0921. The Morgan fingerprint density at radius 3 is 2.63 bits per heavy atom. The number of β-amino-alcohol motifs (C(OH)–C–C–N with tert-alkyl or cyclic N) is 1. The van der Waals surface area contributed by atoms with E-state index in [0.717, 1.165) is 36.5 Å². The van der Waals surface area contributed by atoms with Gasteiger partial charge in [0.15, 0.2) is 12.4 Å². The lowest BCUT2D eigenvalue weighted by Gasteiger charge is -2.16. The smallest absolute Gasteiger partial charge is 0.200 e. The summed E-state index contributed by atoms with van der Waals surface area (Å²) in [4.78, 5) is 14.4. The molecule has 4 rings (SSSR count). The number of aliphatic hydroxyl groups is 1. The molecule has 6 nitrogen and oxygen atoms in total. The highest BCUT2D eigenvalue weighted by molar-refractivity contribution is 5.97. The van der Waals surface area contributed by atoms with Crippen molar-refractivity contribution in [1.29, 1.82) is 0 Å². The lowest BCUT2D eigenvalue weighted by atomic mass is 10.0. The molecular formula is C24H27N3O3. The Morgan fingerprint density at radius 2 is 1.93 bits per heavy atom. The van der Waals surface area contributed by atoms with Crippen LogP contribution >= 0.6 is 0 Å². The molecule has 1 fully saturated rings. The van der Waals surface area contributed by atoms with Crippen LogP contribution in [0.1, 0.15) is 27.3 Å². The number of rotatable bonds is 8. The standard InChI is InChI=1S/C24H27N3O3/c1-17-11-21(26-25-17)12-20-14-27(15-23(20)28)13-18-7-9-22(10-8-18)30-16-24(29)19-5-3-2-4-6-19/h2-11,20,23,28H,12-16H2,1H3,(H,25,26)/t20-,23+/m1/s1. The van der Waals surface area contributed by atoms with Crippen molar-refractivity contribution in [3.8, 4) is 5.75 Å². The maximum absolute atomic E-state index is 12.1. The molecule has 0 bridgehead atoms. The van der Waals surface area contributed by atoms with Crippen LogP contribution in [0.4, 0.5) is 0 Å². The molecule has 0 amide bonds. The summed E-state index contributed by atoms with van der Waals surface area (Å²) in [5.41, 5.74) is 3.86. The topological polar surface area (TPSA) is 78.4 Å². The lowest BCUT2D eigenvalue weighted by Crippen LogP contribution is -2.21. The van der Waals surface area contributed by atoms with Crippen LogP contribution in [0.25, 0.3) is 0 Å². The summed E-state index contributed by atoms with van der Waals surface area (Å²) in [6.45, 7) is 4.29. The molecule has 6 heteroatoms. The largest absolute Gasteiger partial charge is 0.485 e. The third-order valence-corrected chi connectivity index (χ3v) is 5.51. The van der Waals surface area contributed by atoms with Crippen molar-refractivity contribution >= 4 is 5.78 Å². The first kappa shape index (κ1) is 20.3. The number of hydrogen-bond donors (Lipinski definition) is 2.